The molecule has 0 radical (unpaired) electrons. The molecule has 0 aliphatic heterocycles. The van der Waals surface area contributed by atoms with Crippen molar-refractivity contribution in [3.8, 4) is 28.1 Å². The van der Waals surface area contributed by atoms with E-state index in [-0.39, 0.29) is 47.0 Å². The van der Waals surface area contributed by atoms with Gasteiger partial charge in [-0.05, 0) is 64.9 Å². The second kappa shape index (κ2) is 13.7. The number of pyridine rings is 1. The normalized spacial score (nSPS) is 13.6. The number of carbonyl (C=O) groups excluding carboxylic acids is 1. The highest BCUT2D eigenvalue weighted by Crippen LogP contribution is 2.51. The molecule has 0 unspecified atom stereocenters. The second-order valence-electron chi connectivity index (χ2n) is 11.8. The summed E-state index contributed by atoms with van der Waals surface area (Å²) in [7, 11) is -4.21. The lowest BCUT2D eigenvalue weighted by Crippen LogP contribution is -2.47. The van der Waals surface area contributed by atoms with Crippen molar-refractivity contribution in [2.75, 3.05) is 17.9 Å². The number of hydrogen-bond donors (Lipinski definition) is 2. The molecule has 1 aliphatic rings. The van der Waals surface area contributed by atoms with Crippen LogP contribution in [0.1, 0.15) is 29.5 Å². The average Bonchev–Trinajstić information content (AvgIpc) is 3.39. The first kappa shape index (κ1) is 35.5. The van der Waals surface area contributed by atoms with E-state index in [0.29, 0.717) is 11.1 Å². The van der Waals surface area contributed by atoms with Gasteiger partial charge in [-0.2, -0.15) is 26.3 Å². The van der Waals surface area contributed by atoms with E-state index in [4.69, 9.17) is 4.74 Å². The first-order valence-corrected chi connectivity index (χ1v) is 17.1. The molecule has 4 aromatic carbocycles. The number of anilines is 1. The fraction of sp³-hybridized carbons (Fsp3) is 0.189. The van der Waals surface area contributed by atoms with Crippen molar-refractivity contribution in [1.29, 1.82) is 0 Å². The fourth-order valence-corrected chi connectivity index (χ4v) is 7.59. The van der Waals surface area contributed by atoms with E-state index in [2.05, 4.69) is 15.0 Å². The van der Waals surface area contributed by atoms with E-state index in [1.807, 2.05) is 12.1 Å². The summed E-state index contributed by atoms with van der Waals surface area (Å²) in [5, 5.41) is 2.09. The molecule has 264 valence electrons. The molecular weight excluding hydrogens is 696 g/mol. The number of carbonyl (C=O) groups is 1. The minimum atomic E-state index is -4.60. The summed E-state index contributed by atoms with van der Waals surface area (Å²) in [6.45, 7) is -1.44. The smallest absolute Gasteiger partial charge is 0.416 e. The van der Waals surface area contributed by atoms with E-state index < -0.39 is 45.8 Å². The van der Waals surface area contributed by atoms with Crippen LogP contribution >= 0.6 is 0 Å². The number of nitrogens with one attached hydrogen (secondary N) is 2. The number of sulfonamides is 1. The first-order chi connectivity index (χ1) is 24.2. The number of aromatic nitrogens is 1. The largest absolute Gasteiger partial charge is 0.478 e. The lowest BCUT2D eigenvalue weighted by atomic mass is 9.73. The maximum atomic E-state index is 13.6. The van der Waals surface area contributed by atoms with Crippen LogP contribution in [0.2, 0.25) is 0 Å². The molecular formula is C37H29F6N3O4S. The summed E-state index contributed by atoms with van der Waals surface area (Å²) in [4.78, 5) is 17.6. The Hall–Kier alpha value is -5.37. The molecule has 51 heavy (non-hydrogen) atoms. The molecule has 14 heteroatoms. The van der Waals surface area contributed by atoms with Crippen molar-refractivity contribution >= 4 is 21.6 Å². The van der Waals surface area contributed by atoms with Crippen LogP contribution < -0.4 is 14.8 Å². The van der Waals surface area contributed by atoms with Gasteiger partial charge in [0, 0.05) is 11.6 Å². The van der Waals surface area contributed by atoms with E-state index >= 15 is 0 Å². The number of hydrogen-bond acceptors (Lipinski definition) is 5. The average molecular weight is 726 g/mol. The zero-order valence-electron chi connectivity index (χ0n) is 26.6. The Morgan fingerprint density at radius 3 is 1.90 bits per heavy atom. The quantitative estimate of drug-likeness (QED) is 0.105. The number of fused-ring (bicyclic) bond motifs is 3. The van der Waals surface area contributed by atoms with Gasteiger partial charge in [0.1, 0.15) is 12.0 Å². The zero-order valence-corrected chi connectivity index (χ0v) is 27.4. The topological polar surface area (TPSA) is 97.4 Å². The fourth-order valence-electron chi connectivity index (χ4n) is 6.31. The minimum Gasteiger partial charge on any atom is -0.478 e. The Kier molecular flexibility index (Phi) is 9.55. The number of alkyl halides is 6. The molecule has 2 N–H and O–H groups in total. The van der Waals surface area contributed by atoms with Crippen LogP contribution in [0, 0.1) is 0 Å². The molecule has 7 nitrogen and oxygen atoms in total. The molecule has 5 aromatic rings. The molecule has 1 amide bonds. The van der Waals surface area contributed by atoms with Crippen LogP contribution in [0.15, 0.2) is 120 Å². The van der Waals surface area contributed by atoms with Crippen LogP contribution in [0.4, 0.5) is 32.0 Å². The number of benzene rings is 4. The third-order valence-corrected chi connectivity index (χ3v) is 9.97. The van der Waals surface area contributed by atoms with Crippen LogP contribution in [-0.2, 0) is 26.4 Å². The summed E-state index contributed by atoms with van der Waals surface area (Å²) in [5.74, 6) is -0.641. The lowest BCUT2D eigenvalue weighted by molar-refractivity contribution is -0.141. The summed E-state index contributed by atoms with van der Waals surface area (Å²) in [6.07, 6.45) is -7.54. The van der Waals surface area contributed by atoms with Gasteiger partial charge in [-0.25, -0.2) is 13.4 Å². The number of amides is 1. The standard InChI is InChI=1S/C37H29F6N3O4S/c38-36(39,40)23-45-34(47)35(30-11-4-1-9-28(30)29-10-2-5-12-31(29)35)20-7-21-50-33-19-18-26(22-44-33)46-51(48,49)32-13-6-3-8-27(32)24-14-16-25(17-15-24)37(41,42)43/h1-6,8-19,22,46H,7,20-21,23H2,(H,45,47). The van der Waals surface area contributed by atoms with Gasteiger partial charge < -0.3 is 10.1 Å². The van der Waals surface area contributed by atoms with Gasteiger partial charge in [0.15, 0.2) is 0 Å². The SMILES string of the molecule is O=C(NCC(F)(F)F)C1(CCCOc2ccc(NS(=O)(=O)c3ccccc3-c3ccc(C(F)(F)F)cc3)cn2)c2ccccc2-c2ccccc21. The van der Waals surface area contributed by atoms with E-state index in [1.165, 1.54) is 48.7 Å². The second-order valence-corrected chi connectivity index (χ2v) is 13.5. The number of nitrogens with zero attached hydrogens (tertiary/aromatic N) is 1. The van der Waals surface area contributed by atoms with Crippen LogP contribution in [0.5, 0.6) is 5.88 Å². The van der Waals surface area contributed by atoms with Crippen LogP contribution in [-0.4, -0.2) is 38.6 Å². The maximum absolute atomic E-state index is 13.6. The summed E-state index contributed by atoms with van der Waals surface area (Å²) < 4.78 is 113. The van der Waals surface area contributed by atoms with Crippen LogP contribution in [0.3, 0.4) is 0 Å². The molecule has 0 saturated heterocycles. The summed E-state index contributed by atoms with van der Waals surface area (Å²) in [6, 6.07) is 27.1. The predicted molar refractivity (Wildman–Crippen MR) is 178 cm³/mol. The maximum Gasteiger partial charge on any atom is 0.416 e. The number of ether oxygens (including phenoxy) is 1. The van der Waals surface area contributed by atoms with Crippen molar-refractivity contribution in [3.63, 3.8) is 0 Å². The molecule has 6 rings (SSSR count). The Labute approximate surface area is 289 Å². The summed E-state index contributed by atoms with van der Waals surface area (Å²) in [5.41, 5.74) is 1.02. The molecule has 0 spiro atoms. The molecule has 1 aromatic heterocycles. The van der Waals surface area contributed by atoms with Crippen LogP contribution in [0.25, 0.3) is 22.3 Å². The Morgan fingerprint density at radius 1 is 0.745 bits per heavy atom. The van der Waals surface area contributed by atoms with Crippen molar-refractivity contribution in [1.82, 2.24) is 10.3 Å². The minimum absolute atomic E-state index is 0.0389. The van der Waals surface area contributed by atoms with Gasteiger partial charge in [-0.3, -0.25) is 9.52 Å². The predicted octanol–water partition coefficient (Wildman–Crippen LogP) is 8.37. The molecule has 1 heterocycles. The van der Waals surface area contributed by atoms with Crippen molar-refractivity contribution in [2.24, 2.45) is 0 Å². The highest BCUT2D eigenvalue weighted by atomic mass is 32.2. The van der Waals surface area contributed by atoms with Crippen molar-refractivity contribution in [2.45, 2.75) is 35.5 Å². The first-order valence-electron chi connectivity index (χ1n) is 15.6. The molecule has 1 aliphatic carbocycles. The highest BCUT2D eigenvalue weighted by Gasteiger charge is 2.49. The van der Waals surface area contributed by atoms with E-state index in [9.17, 15) is 39.6 Å². The zero-order chi connectivity index (χ0) is 36.4. The number of halogens is 6. The van der Waals surface area contributed by atoms with Gasteiger partial charge in [0.2, 0.25) is 11.8 Å². The Balaban J connectivity index is 1.14. The molecule has 0 atom stereocenters. The number of rotatable bonds is 11. The van der Waals surface area contributed by atoms with E-state index in [0.717, 1.165) is 23.3 Å². The third-order valence-electron chi connectivity index (χ3n) is 8.54. The van der Waals surface area contributed by atoms with Gasteiger partial charge in [0.05, 0.1) is 29.0 Å². The Bertz CT molecular complexity index is 2110. The van der Waals surface area contributed by atoms with Gasteiger partial charge in [0.25, 0.3) is 10.0 Å². The van der Waals surface area contributed by atoms with Crippen molar-refractivity contribution in [3.05, 3.63) is 132 Å². The summed E-state index contributed by atoms with van der Waals surface area (Å²) >= 11 is 0. The van der Waals surface area contributed by atoms with Crippen molar-refractivity contribution < 1.29 is 44.3 Å². The van der Waals surface area contributed by atoms with Gasteiger partial charge >= 0.3 is 12.4 Å². The lowest BCUT2D eigenvalue weighted by Gasteiger charge is -2.31. The Morgan fingerprint density at radius 2 is 1.33 bits per heavy atom. The monoisotopic (exact) mass is 725 g/mol. The highest BCUT2D eigenvalue weighted by molar-refractivity contribution is 7.92. The molecule has 0 saturated carbocycles. The van der Waals surface area contributed by atoms with Gasteiger partial charge in [-0.1, -0.05) is 78.9 Å². The molecule has 0 fully saturated rings. The third kappa shape index (κ3) is 7.41. The van der Waals surface area contributed by atoms with Gasteiger partial charge in [-0.15, -0.1) is 0 Å². The van der Waals surface area contributed by atoms with E-state index in [1.54, 1.807) is 42.5 Å². The molecule has 0 bridgehead atoms.